The fourth-order valence-corrected chi connectivity index (χ4v) is 2.87. The third-order valence-electron chi connectivity index (χ3n) is 3.91. The molecule has 1 aromatic heterocycles. The average Bonchev–Trinajstić information content (AvgIpc) is 3.04. The number of rotatable bonds is 5. The van der Waals surface area contributed by atoms with Crippen molar-refractivity contribution in [2.45, 2.75) is 52.6 Å². The predicted molar refractivity (Wildman–Crippen MR) is 82.3 cm³/mol. The van der Waals surface area contributed by atoms with Gasteiger partial charge >= 0.3 is 6.03 Å². The lowest BCUT2D eigenvalue weighted by Gasteiger charge is -2.23. The summed E-state index contributed by atoms with van der Waals surface area (Å²) in [5.41, 5.74) is 1.84. The molecule has 118 valence electrons. The first-order valence-electron chi connectivity index (χ1n) is 7.80. The first kappa shape index (κ1) is 15.8. The lowest BCUT2D eigenvalue weighted by atomic mass is 10.2. The highest BCUT2D eigenvalue weighted by molar-refractivity contribution is 5.90. The predicted octanol–water partition coefficient (Wildman–Crippen LogP) is 2.09. The molecule has 1 atom stereocenters. The van der Waals surface area contributed by atoms with Crippen LogP contribution in [0.4, 0.5) is 10.5 Å². The van der Waals surface area contributed by atoms with Crippen molar-refractivity contribution in [2.75, 3.05) is 18.5 Å². The number of carbonyl (C=O) groups is 1. The van der Waals surface area contributed by atoms with Crippen LogP contribution in [0.25, 0.3) is 0 Å². The van der Waals surface area contributed by atoms with E-state index in [-0.39, 0.29) is 18.7 Å². The van der Waals surface area contributed by atoms with E-state index in [1.54, 1.807) is 11.1 Å². The molecule has 1 fully saturated rings. The lowest BCUT2D eigenvalue weighted by Crippen LogP contribution is -2.40. The Morgan fingerprint density at radius 1 is 1.57 bits per heavy atom. The van der Waals surface area contributed by atoms with Crippen LogP contribution in [0.3, 0.4) is 0 Å². The van der Waals surface area contributed by atoms with Gasteiger partial charge in [-0.2, -0.15) is 5.10 Å². The maximum atomic E-state index is 12.4. The highest BCUT2D eigenvalue weighted by Crippen LogP contribution is 2.21. The number of amides is 2. The van der Waals surface area contributed by atoms with E-state index in [1.165, 1.54) is 0 Å². The van der Waals surface area contributed by atoms with Crippen LogP contribution in [-0.2, 0) is 13.0 Å². The van der Waals surface area contributed by atoms with Crippen LogP contribution in [0.5, 0.6) is 0 Å². The van der Waals surface area contributed by atoms with Crippen molar-refractivity contribution < 1.29 is 9.90 Å². The zero-order chi connectivity index (χ0) is 15.4. The fraction of sp³-hybridized carbons (Fsp3) is 0.733. The number of aromatic nitrogens is 2. The summed E-state index contributed by atoms with van der Waals surface area (Å²) in [7, 11) is 0. The van der Waals surface area contributed by atoms with Crippen molar-refractivity contribution in [3.63, 3.8) is 0 Å². The maximum absolute atomic E-state index is 12.4. The number of anilines is 1. The van der Waals surface area contributed by atoms with E-state index in [4.69, 9.17) is 0 Å². The number of aliphatic hydroxyl groups is 1. The Morgan fingerprint density at radius 3 is 2.95 bits per heavy atom. The summed E-state index contributed by atoms with van der Waals surface area (Å²) in [4.78, 5) is 14.1. The van der Waals surface area contributed by atoms with Gasteiger partial charge in [-0.05, 0) is 25.2 Å². The summed E-state index contributed by atoms with van der Waals surface area (Å²) in [5.74, 6) is 0.510. The number of likely N-dealkylation sites (tertiary alicyclic amines) is 1. The second kappa shape index (κ2) is 6.93. The SMILES string of the molecule is CCc1c(NC(=O)N2CCC[C@H]2CO)cnn1CC(C)C. The summed E-state index contributed by atoms with van der Waals surface area (Å²) < 4.78 is 1.97. The summed E-state index contributed by atoms with van der Waals surface area (Å²) in [6, 6.07) is -0.189. The van der Waals surface area contributed by atoms with E-state index < -0.39 is 0 Å². The van der Waals surface area contributed by atoms with Crippen molar-refractivity contribution in [2.24, 2.45) is 5.92 Å². The molecular formula is C15H26N4O2. The molecule has 2 amide bonds. The molecule has 1 aromatic rings. The molecule has 0 spiro atoms. The van der Waals surface area contributed by atoms with Gasteiger partial charge in [0.05, 0.1) is 30.2 Å². The standard InChI is InChI=1S/C15H26N4O2/c1-4-14-13(8-16-19(14)9-11(2)3)17-15(21)18-7-5-6-12(18)10-20/h8,11-12,20H,4-7,9-10H2,1-3H3,(H,17,21)/t12-/m0/s1. The highest BCUT2D eigenvalue weighted by atomic mass is 16.3. The fourth-order valence-electron chi connectivity index (χ4n) is 2.87. The molecule has 2 heterocycles. The molecule has 1 saturated heterocycles. The number of nitrogens with one attached hydrogen (secondary N) is 1. The Kier molecular flexibility index (Phi) is 5.22. The molecule has 6 nitrogen and oxygen atoms in total. The highest BCUT2D eigenvalue weighted by Gasteiger charge is 2.28. The van der Waals surface area contributed by atoms with E-state index in [1.807, 2.05) is 4.68 Å². The maximum Gasteiger partial charge on any atom is 0.322 e. The van der Waals surface area contributed by atoms with E-state index in [0.29, 0.717) is 12.5 Å². The largest absolute Gasteiger partial charge is 0.394 e. The minimum Gasteiger partial charge on any atom is -0.394 e. The number of hydrogen-bond donors (Lipinski definition) is 2. The third kappa shape index (κ3) is 3.56. The Morgan fingerprint density at radius 2 is 2.33 bits per heavy atom. The molecule has 1 aliphatic heterocycles. The molecule has 0 bridgehead atoms. The zero-order valence-electron chi connectivity index (χ0n) is 13.2. The molecular weight excluding hydrogens is 268 g/mol. The molecule has 2 N–H and O–H groups in total. The van der Waals surface area contributed by atoms with Gasteiger partial charge in [0, 0.05) is 13.1 Å². The number of hydrogen-bond acceptors (Lipinski definition) is 3. The molecule has 0 radical (unpaired) electrons. The van der Waals surface area contributed by atoms with Crippen molar-refractivity contribution in [1.82, 2.24) is 14.7 Å². The first-order valence-corrected chi connectivity index (χ1v) is 7.80. The Bertz CT molecular complexity index is 484. The Hall–Kier alpha value is -1.56. The van der Waals surface area contributed by atoms with Gasteiger partial charge in [-0.15, -0.1) is 0 Å². The van der Waals surface area contributed by atoms with Crippen LogP contribution in [0.15, 0.2) is 6.20 Å². The Labute approximate surface area is 126 Å². The summed E-state index contributed by atoms with van der Waals surface area (Å²) >= 11 is 0. The molecule has 0 aliphatic carbocycles. The molecule has 21 heavy (non-hydrogen) atoms. The number of nitrogens with zero attached hydrogens (tertiary/aromatic N) is 3. The van der Waals surface area contributed by atoms with E-state index >= 15 is 0 Å². The molecule has 2 rings (SSSR count). The average molecular weight is 294 g/mol. The first-order chi connectivity index (χ1) is 10.1. The zero-order valence-corrected chi connectivity index (χ0v) is 13.2. The molecule has 0 aromatic carbocycles. The number of carbonyl (C=O) groups excluding carboxylic acids is 1. The third-order valence-corrected chi connectivity index (χ3v) is 3.91. The number of urea groups is 1. The topological polar surface area (TPSA) is 70.4 Å². The van der Waals surface area contributed by atoms with Crippen molar-refractivity contribution in [3.05, 3.63) is 11.9 Å². The molecule has 0 saturated carbocycles. The number of aliphatic hydroxyl groups excluding tert-OH is 1. The second-order valence-corrected chi connectivity index (χ2v) is 6.04. The minimum atomic E-state index is -0.134. The van der Waals surface area contributed by atoms with Crippen LogP contribution >= 0.6 is 0 Å². The van der Waals surface area contributed by atoms with Gasteiger partial charge in [-0.3, -0.25) is 4.68 Å². The van der Waals surface area contributed by atoms with Gasteiger partial charge in [0.1, 0.15) is 0 Å². The van der Waals surface area contributed by atoms with E-state index in [0.717, 1.165) is 37.2 Å². The van der Waals surface area contributed by atoms with Crippen molar-refractivity contribution in [1.29, 1.82) is 0 Å². The van der Waals surface area contributed by atoms with E-state index in [9.17, 15) is 9.90 Å². The summed E-state index contributed by atoms with van der Waals surface area (Å²) in [6.45, 7) is 7.95. The van der Waals surface area contributed by atoms with Crippen molar-refractivity contribution >= 4 is 11.7 Å². The van der Waals surface area contributed by atoms with Gasteiger partial charge < -0.3 is 15.3 Å². The smallest absolute Gasteiger partial charge is 0.322 e. The molecule has 0 unspecified atom stereocenters. The Balaban J connectivity index is 2.08. The van der Waals surface area contributed by atoms with Crippen LogP contribution in [0.2, 0.25) is 0 Å². The quantitative estimate of drug-likeness (QED) is 0.873. The summed E-state index contributed by atoms with van der Waals surface area (Å²) in [5, 5.41) is 16.7. The summed E-state index contributed by atoms with van der Waals surface area (Å²) in [6.07, 6.45) is 4.37. The van der Waals surface area contributed by atoms with Gasteiger partial charge in [-0.25, -0.2) is 4.79 Å². The van der Waals surface area contributed by atoms with Gasteiger partial charge in [0.15, 0.2) is 0 Å². The van der Waals surface area contributed by atoms with Crippen LogP contribution in [0.1, 0.15) is 39.3 Å². The molecule has 1 aliphatic rings. The minimum absolute atomic E-state index is 0.0284. The van der Waals surface area contributed by atoms with Gasteiger partial charge in [0.2, 0.25) is 0 Å². The van der Waals surface area contributed by atoms with E-state index in [2.05, 4.69) is 31.2 Å². The lowest BCUT2D eigenvalue weighted by molar-refractivity contribution is 0.166. The van der Waals surface area contributed by atoms with Crippen LogP contribution < -0.4 is 5.32 Å². The monoisotopic (exact) mass is 294 g/mol. The molecule has 6 heteroatoms. The normalized spacial score (nSPS) is 18.5. The van der Waals surface area contributed by atoms with Crippen LogP contribution in [0, 0.1) is 5.92 Å². The van der Waals surface area contributed by atoms with Crippen LogP contribution in [-0.4, -0.2) is 45.0 Å². The van der Waals surface area contributed by atoms with Crippen molar-refractivity contribution in [3.8, 4) is 0 Å². The second-order valence-electron chi connectivity index (χ2n) is 6.04. The van der Waals surface area contributed by atoms with Gasteiger partial charge in [-0.1, -0.05) is 20.8 Å². The van der Waals surface area contributed by atoms with Gasteiger partial charge in [0.25, 0.3) is 0 Å².